The molecule has 1 aliphatic heterocycles. The summed E-state index contributed by atoms with van der Waals surface area (Å²) in [6, 6.07) is 21.0. The molecule has 3 aromatic carbocycles. The molecule has 31 heavy (non-hydrogen) atoms. The van der Waals surface area contributed by atoms with E-state index in [1.54, 1.807) is 36.4 Å². The van der Waals surface area contributed by atoms with Crippen LogP contribution in [0.25, 0.3) is 0 Å². The number of nitrogens with one attached hydrogen (secondary N) is 1. The number of hydrogen-bond acceptors (Lipinski definition) is 5. The number of rotatable bonds is 6. The number of nitrogens with zero attached hydrogens (tertiary/aromatic N) is 2. The van der Waals surface area contributed by atoms with E-state index >= 15 is 0 Å². The predicted molar refractivity (Wildman–Crippen MR) is 120 cm³/mol. The average molecular weight is 417 g/mol. The quantitative estimate of drug-likeness (QED) is 0.415. The molecule has 0 bridgehead atoms. The van der Waals surface area contributed by atoms with E-state index in [-0.39, 0.29) is 11.3 Å². The van der Waals surface area contributed by atoms with Crippen LogP contribution in [0.15, 0.2) is 72.8 Å². The molecule has 1 saturated heterocycles. The van der Waals surface area contributed by atoms with Crippen LogP contribution in [0.5, 0.6) is 11.5 Å². The van der Waals surface area contributed by atoms with E-state index in [2.05, 4.69) is 5.32 Å². The summed E-state index contributed by atoms with van der Waals surface area (Å²) in [5.41, 5.74) is 1.36. The van der Waals surface area contributed by atoms with Gasteiger partial charge in [0.1, 0.15) is 17.2 Å². The van der Waals surface area contributed by atoms with E-state index in [0.717, 1.165) is 38.1 Å². The zero-order chi connectivity index (χ0) is 21.6. The SMILES string of the molecule is O=C(Nc1ccc(Oc2ccccc2)cc1)c1ccc(N2CCCCC2)c([N+](=O)[O-])c1. The molecule has 3 aromatic rings. The lowest BCUT2D eigenvalue weighted by atomic mass is 10.1. The van der Waals surface area contributed by atoms with Crippen molar-refractivity contribution < 1.29 is 14.5 Å². The fraction of sp³-hybridized carbons (Fsp3) is 0.208. The summed E-state index contributed by atoms with van der Waals surface area (Å²) in [5.74, 6) is 0.969. The minimum absolute atomic E-state index is 0.0406. The molecule has 4 rings (SSSR count). The molecule has 1 fully saturated rings. The van der Waals surface area contributed by atoms with Crippen molar-refractivity contribution in [1.29, 1.82) is 0 Å². The van der Waals surface area contributed by atoms with Crippen molar-refractivity contribution in [3.63, 3.8) is 0 Å². The minimum Gasteiger partial charge on any atom is -0.457 e. The van der Waals surface area contributed by atoms with Crippen LogP contribution in [-0.4, -0.2) is 23.9 Å². The molecule has 0 aromatic heterocycles. The zero-order valence-corrected chi connectivity index (χ0v) is 17.0. The Hall–Kier alpha value is -3.87. The third-order valence-corrected chi connectivity index (χ3v) is 5.22. The van der Waals surface area contributed by atoms with Gasteiger partial charge in [0, 0.05) is 30.4 Å². The number of hydrogen-bond donors (Lipinski definition) is 1. The number of benzene rings is 3. The summed E-state index contributed by atoms with van der Waals surface area (Å²) < 4.78 is 5.74. The van der Waals surface area contributed by atoms with Crippen molar-refractivity contribution >= 4 is 23.0 Å². The van der Waals surface area contributed by atoms with Gasteiger partial charge in [0.15, 0.2) is 0 Å². The smallest absolute Gasteiger partial charge is 0.293 e. The molecule has 1 N–H and O–H groups in total. The van der Waals surface area contributed by atoms with Gasteiger partial charge in [-0.3, -0.25) is 14.9 Å². The zero-order valence-electron chi connectivity index (χ0n) is 17.0. The second-order valence-corrected chi connectivity index (χ2v) is 7.40. The molecule has 0 unspecified atom stereocenters. The summed E-state index contributed by atoms with van der Waals surface area (Å²) >= 11 is 0. The van der Waals surface area contributed by atoms with E-state index in [0.29, 0.717) is 17.1 Å². The van der Waals surface area contributed by atoms with Gasteiger partial charge < -0.3 is 15.0 Å². The summed E-state index contributed by atoms with van der Waals surface area (Å²) in [6.45, 7) is 1.59. The van der Waals surface area contributed by atoms with Crippen molar-refractivity contribution in [2.24, 2.45) is 0 Å². The summed E-state index contributed by atoms with van der Waals surface area (Å²) in [6.07, 6.45) is 3.17. The van der Waals surface area contributed by atoms with Crippen LogP contribution in [-0.2, 0) is 0 Å². The normalized spacial score (nSPS) is 13.5. The van der Waals surface area contributed by atoms with E-state index in [9.17, 15) is 14.9 Å². The summed E-state index contributed by atoms with van der Waals surface area (Å²) in [4.78, 5) is 25.9. The number of ether oxygens (including phenoxy) is 1. The molecule has 0 saturated carbocycles. The topological polar surface area (TPSA) is 84.7 Å². The Morgan fingerprint density at radius 3 is 2.26 bits per heavy atom. The van der Waals surface area contributed by atoms with Gasteiger partial charge >= 0.3 is 0 Å². The van der Waals surface area contributed by atoms with E-state index in [1.807, 2.05) is 35.2 Å². The second-order valence-electron chi connectivity index (χ2n) is 7.40. The number of nitro benzene ring substituents is 1. The monoisotopic (exact) mass is 417 g/mol. The maximum Gasteiger partial charge on any atom is 0.293 e. The second kappa shape index (κ2) is 9.30. The standard InChI is InChI=1S/C24H23N3O4/c28-24(25-19-10-12-21(13-11-19)31-20-7-3-1-4-8-20)18-9-14-22(23(17-18)27(29)30)26-15-5-2-6-16-26/h1,3-4,7-14,17H,2,5-6,15-16H2,(H,25,28). The maximum absolute atomic E-state index is 12.7. The highest BCUT2D eigenvalue weighted by molar-refractivity contribution is 6.05. The number of carbonyl (C=O) groups is 1. The highest BCUT2D eigenvalue weighted by atomic mass is 16.6. The Bertz CT molecular complexity index is 1060. The molecule has 7 heteroatoms. The van der Waals surface area contributed by atoms with Crippen LogP contribution in [0.2, 0.25) is 0 Å². The maximum atomic E-state index is 12.7. The molecule has 0 atom stereocenters. The molecular formula is C24H23N3O4. The third-order valence-electron chi connectivity index (χ3n) is 5.22. The van der Waals surface area contributed by atoms with Crippen LogP contribution in [0, 0.1) is 10.1 Å². The number of anilines is 2. The lowest BCUT2D eigenvalue weighted by molar-refractivity contribution is -0.384. The highest BCUT2D eigenvalue weighted by Gasteiger charge is 2.23. The molecule has 1 heterocycles. The summed E-state index contributed by atoms with van der Waals surface area (Å²) in [7, 11) is 0. The fourth-order valence-corrected chi connectivity index (χ4v) is 3.65. The van der Waals surface area contributed by atoms with Crippen LogP contribution < -0.4 is 15.0 Å². The molecule has 0 aliphatic carbocycles. The first-order valence-corrected chi connectivity index (χ1v) is 10.3. The van der Waals surface area contributed by atoms with Crippen molar-refractivity contribution in [2.75, 3.05) is 23.3 Å². The van der Waals surface area contributed by atoms with Crippen molar-refractivity contribution in [3.8, 4) is 11.5 Å². The van der Waals surface area contributed by atoms with Crippen LogP contribution in [0.4, 0.5) is 17.1 Å². The molecule has 0 radical (unpaired) electrons. The average Bonchev–Trinajstić information content (AvgIpc) is 2.81. The lowest BCUT2D eigenvalue weighted by Gasteiger charge is -2.28. The van der Waals surface area contributed by atoms with Gasteiger partial charge in [-0.15, -0.1) is 0 Å². The van der Waals surface area contributed by atoms with Crippen LogP contribution in [0.1, 0.15) is 29.6 Å². The largest absolute Gasteiger partial charge is 0.457 e. The Morgan fingerprint density at radius 2 is 1.58 bits per heavy atom. The fourth-order valence-electron chi connectivity index (χ4n) is 3.65. The van der Waals surface area contributed by atoms with Gasteiger partial charge in [0.2, 0.25) is 0 Å². The van der Waals surface area contributed by atoms with E-state index < -0.39 is 10.8 Å². The van der Waals surface area contributed by atoms with Crippen molar-refractivity contribution in [1.82, 2.24) is 0 Å². The van der Waals surface area contributed by atoms with Gasteiger partial charge in [-0.05, 0) is 67.8 Å². The molecular weight excluding hydrogens is 394 g/mol. The number of para-hydroxylation sites is 1. The Morgan fingerprint density at radius 1 is 0.903 bits per heavy atom. The Balaban J connectivity index is 1.46. The number of piperidine rings is 1. The number of carbonyl (C=O) groups excluding carboxylic acids is 1. The van der Waals surface area contributed by atoms with Gasteiger partial charge in [-0.2, -0.15) is 0 Å². The number of nitro groups is 1. The lowest BCUT2D eigenvalue weighted by Crippen LogP contribution is -2.30. The first-order valence-electron chi connectivity index (χ1n) is 10.3. The molecule has 1 amide bonds. The summed E-state index contributed by atoms with van der Waals surface area (Å²) in [5, 5.41) is 14.4. The molecule has 1 aliphatic rings. The van der Waals surface area contributed by atoms with Crippen LogP contribution in [0.3, 0.4) is 0 Å². The molecule has 7 nitrogen and oxygen atoms in total. The van der Waals surface area contributed by atoms with Gasteiger partial charge in [-0.25, -0.2) is 0 Å². The van der Waals surface area contributed by atoms with E-state index in [4.69, 9.17) is 4.74 Å². The van der Waals surface area contributed by atoms with Gasteiger partial charge in [0.25, 0.3) is 11.6 Å². The van der Waals surface area contributed by atoms with E-state index in [1.165, 1.54) is 6.07 Å². The predicted octanol–water partition coefficient (Wildman–Crippen LogP) is 5.63. The van der Waals surface area contributed by atoms with Gasteiger partial charge in [-0.1, -0.05) is 18.2 Å². The Kier molecular flexibility index (Phi) is 6.12. The molecule has 0 spiro atoms. The highest BCUT2D eigenvalue weighted by Crippen LogP contribution is 2.31. The van der Waals surface area contributed by atoms with Crippen LogP contribution >= 0.6 is 0 Å². The molecule has 158 valence electrons. The van der Waals surface area contributed by atoms with Crippen molar-refractivity contribution in [3.05, 3.63) is 88.5 Å². The van der Waals surface area contributed by atoms with Gasteiger partial charge in [0.05, 0.1) is 4.92 Å². The first-order chi connectivity index (χ1) is 15.1. The minimum atomic E-state index is -0.420. The Labute approximate surface area is 180 Å². The first kappa shape index (κ1) is 20.4. The number of amides is 1. The van der Waals surface area contributed by atoms with Crippen molar-refractivity contribution in [2.45, 2.75) is 19.3 Å². The third kappa shape index (κ3) is 5.01.